The lowest BCUT2D eigenvalue weighted by atomic mass is 9.99. The minimum Gasteiger partial charge on any atom is -0.481 e. The van der Waals surface area contributed by atoms with Crippen molar-refractivity contribution in [2.24, 2.45) is 0 Å². The summed E-state index contributed by atoms with van der Waals surface area (Å²) in [5.74, 6) is -0.887. The minimum atomic E-state index is -0.887. The fourth-order valence-corrected chi connectivity index (χ4v) is 3.70. The Labute approximate surface area is 174 Å². The molecule has 4 aromatic rings. The molecule has 0 aliphatic heterocycles. The van der Waals surface area contributed by atoms with Gasteiger partial charge in [-0.15, -0.1) is 0 Å². The van der Waals surface area contributed by atoms with Crippen molar-refractivity contribution in [3.05, 3.63) is 101 Å². The highest BCUT2D eigenvalue weighted by atomic mass is 35.5. The molecule has 5 heteroatoms. The molecule has 144 valence electrons. The number of hydrogen-bond acceptors (Lipinski definition) is 2. The van der Waals surface area contributed by atoms with E-state index < -0.39 is 5.97 Å². The molecular weight excluding hydrogens is 384 g/mol. The van der Waals surface area contributed by atoms with Crippen LogP contribution in [0.25, 0.3) is 22.5 Å². The number of rotatable bonds is 6. The number of aromatic nitrogens is 2. The molecule has 0 saturated heterocycles. The third-order valence-corrected chi connectivity index (χ3v) is 4.93. The van der Waals surface area contributed by atoms with Gasteiger partial charge < -0.3 is 5.11 Å². The number of nitrogens with zero attached hydrogens (tertiary/aromatic N) is 2. The van der Waals surface area contributed by atoms with Crippen molar-refractivity contribution in [3.63, 3.8) is 0 Å². The first kappa shape index (κ1) is 19.0. The highest BCUT2D eigenvalue weighted by molar-refractivity contribution is 6.30. The summed E-state index contributed by atoms with van der Waals surface area (Å²) < 4.78 is 1.88. The molecule has 0 bridgehead atoms. The highest BCUT2D eigenvalue weighted by Gasteiger charge is 2.22. The number of carbonyl (C=O) groups is 1. The molecule has 4 rings (SSSR count). The predicted molar refractivity (Wildman–Crippen MR) is 115 cm³/mol. The number of benzene rings is 3. The maximum atomic E-state index is 11.7. The summed E-state index contributed by atoms with van der Waals surface area (Å²) in [6.07, 6.45) is -0.107. The Morgan fingerprint density at radius 1 is 0.897 bits per heavy atom. The van der Waals surface area contributed by atoms with E-state index in [1.165, 1.54) is 0 Å². The summed E-state index contributed by atoms with van der Waals surface area (Å²) >= 11 is 6.16. The zero-order chi connectivity index (χ0) is 20.2. The van der Waals surface area contributed by atoms with E-state index in [1.54, 1.807) is 0 Å². The zero-order valence-corrected chi connectivity index (χ0v) is 16.4. The second-order valence-electron chi connectivity index (χ2n) is 6.77. The van der Waals surface area contributed by atoms with Gasteiger partial charge in [-0.25, -0.2) is 0 Å². The molecule has 0 radical (unpaired) electrons. The average Bonchev–Trinajstić information content (AvgIpc) is 3.06. The van der Waals surface area contributed by atoms with Gasteiger partial charge in [0.25, 0.3) is 0 Å². The Morgan fingerprint density at radius 3 is 2.17 bits per heavy atom. The first-order valence-electron chi connectivity index (χ1n) is 9.28. The van der Waals surface area contributed by atoms with Gasteiger partial charge in [0, 0.05) is 21.7 Å². The van der Waals surface area contributed by atoms with Crippen LogP contribution < -0.4 is 0 Å². The Morgan fingerprint density at radius 2 is 1.55 bits per heavy atom. The Kier molecular flexibility index (Phi) is 5.45. The first-order valence-corrected chi connectivity index (χ1v) is 9.66. The van der Waals surface area contributed by atoms with Gasteiger partial charge in [0.2, 0.25) is 0 Å². The van der Waals surface area contributed by atoms with Crippen molar-refractivity contribution in [2.45, 2.75) is 13.0 Å². The molecule has 1 N–H and O–H groups in total. The van der Waals surface area contributed by atoms with Gasteiger partial charge in [-0.3, -0.25) is 9.48 Å². The average molecular weight is 403 g/mol. The second kappa shape index (κ2) is 8.33. The lowest BCUT2D eigenvalue weighted by Gasteiger charge is -2.10. The molecular formula is C24H19ClN2O2. The molecule has 0 unspecified atom stereocenters. The number of aliphatic carboxylic acids is 1. The highest BCUT2D eigenvalue weighted by Crippen LogP contribution is 2.33. The molecule has 0 amide bonds. The van der Waals surface area contributed by atoms with E-state index in [9.17, 15) is 9.90 Å². The summed E-state index contributed by atoms with van der Waals surface area (Å²) in [6.45, 7) is 0.490. The van der Waals surface area contributed by atoms with Gasteiger partial charge in [-0.1, -0.05) is 84.4 Å². The largest absolute Gasteiger partial charge is 0.481 e. The number of hydrogen-bond donors (Lipinski definition) is 1. The van der Waals surface area contributed by atoms with Gasteiger partial charge in [-0.2, -0.15) is 5.10 Å². The first-order chi connectivity index (χ1) is 14.1. The van der Waals surface area contributed by atoms with Crippen molar-refractivity contribution >= 4 is 17.6 Å². The van der Waals surface area contributed by atoms with Crippen molar-refractivity contribution in [1.82, 2.24) is 9.78 Å². The van der Waals surface area contributed by atoms with Gasteiger partial charge in [0.05, 0.1) is 24.4 Å². The van der Waals surface area contributed by atoms with Crippen LogP contribution in [0.15, 0.2) is 84.9 Å². The van der Waals surface area contributed by atoms with Crippen LogP contribution in [0, 0.1) is 0 Å². The summed E-state index contributed by atoms with van der Waals surface area (Å²) in [4.78, 5) is 11.7. The Balaban J connectivity index is 1.93. The van der Waals surface area contributed by atoms with Crippen LogP contribution in [0.1, 0.15) is 11.1 Å². The number of carboxylic acid groups (broad SMARTS) is 1. The smallest absolute Gasteiger partial charge is 0.307 e. The van der Waals surface area contributed by atoms with Crippen LogP contribution in [-0.4, -0.2) is 20.9 Å². The molecule has 0 aliphatic carbocycles. The molecule has 29 heavy (non-hydrogen) atoms. The third kappa shape index (κ3) is 4.23. The fourth-order valence-electron chi connectivity index (χ4n) is 3.49. The van der Waals surface area contributed by atoms with E-state index in [2.05, 4.69) is 0 Å². The molecule has 0 saturated carbocycles. The minimum absolute atomic E-state index is 0.107. The molecule has 0 fully saturated rings. The van der Waals surface area contributed by atoms with Crippen molar-refractivity contribution in [2.75, 3.05) is 0 Å². The van der Waals surface area contributed by atoms with E-state index in [1.807, 2.05) is 89.6 Å². The molecule has 1 aromatic heterocycles. The van der Waals surface area contributed by atoms with Crippen molar-refractivity contribution in [3.8, 4) is 22.5 Å². The second-order valence-corrected chi connectivity index (χ2v) is 7.20. The van der Waals surface area contributed by atoms with E-state index in [-0.39, 0.29) is 6.42 Å². The van der Waals surface area contributed by atoms with Gasteiger partial charge in [0.1, 0.15) is 0 Å². The quantitative estimate of drug-likeness (QED) is 0.460. The topological polar surface area (TPSA) is 55.1 Å². The maximum Gasteiger partial charge on any atom is 0.307 e. The SMILES string of the molecule is O=C(O)Cc1c(-c2ccccc2)nn(Cc2cccc(Cl)c2)c1-c1ccccc1. The molecule has 0 spiro atoms. The van der Waals surface area contributed by atoms with Gasteiger partial charge >= 0.3 is 5.97 Å². The normalized spacial score (nSPS) is 10.8. The lowest BCUT2D eigenvalue weighted by molar-refractivity contribution is -0.136. The number of carboxylic acids is 1. The van der Waals surface area contributed by atoms with Crippen molar-refractivity contribution in [1.29, 1.82) is 0 Å². The van der Waals surface area contributed by atoms with Crippen LogP contribution in [0.5, 0.6) is 0 Å². The fraction of sp³-hybridized carbons (Fsp3) is 0.0833. The lowest BCUT2D eigenvalue weighted by Crippen LogP contribution is -2.06. The summed E-state index contributed by atoms with van der Waals surface area (Å²) in [6, 6.07) is 27.1. The summed E-state index contributed by atoms with van der Waals surface area (Å²) in [5, 5.41) is 15.1. The molecule has 0 aliphatic rings. The molecule has 4 nitrogen and oxygen atoms in total. The Hall–Kier alpha value is -3.37. The van der Waals surface area contributed by atoms with Crippen LogP contribution in [0.2, 0.25) is 5.02 Å². The number of halogens is 1. The van der Waals surface area contributed by atoms with Crippen LogP contribution in [0.4, 0.5) is 0 Å². The van der Waals surface area contributed by atoms with E-state index in [0.717, 1.165) is 22.4 Å². The van der Waals surface area contributed by atoms with Gasteiger partial charge in [-0.05, 0) is 17.7 Å². The summed E-state index contributed by atoms with van der Waals surface area (Å²) in [7, 11) is 0. The van der Waals surface area contributed by atoms with E-state index in [0.29, 0.717) is 22.8 Å². The predicted octanol–water partition coefficient (Wildman–Crippen LogP) is 5.55. The van der Waals surface area contributed by atoms with E-state index >= 15 is 0 Å². The van der Waals surface area contributed by atoms with Crippen LogP contribution >= 0.6 is 11.6 Å². The summed E-state index contributed by atoms with van der Waals surface area (Å²) in [5.41, 5.74) is 5.03. The molecule has 3 aromatic carbocycles. The van der Waals surface area contributed by atoms with Gasteiger partial charge in [0.15, 0.2) is 0 Å². The zero-order valence-electron chi connectivity index (χ0n) is 15.6. The monoisotopic (exact) mass is 402 g/mol. The standard InChI is InChI=1S/C24H19ClN2O2/c25-20-13-7-8-17(14-20)16-27-24(19-11-5-2-6-12-19)21(15-22(28)29)23(26-27)18-9-3-1-4-10-18/h1-14H,15-16H2,(H,28,29). The van der Waals surface area contributed by atoms with Crippen LogP contribution in [0.3, 0.4) is 0 Å². The molecule has 0 atom stereocenters. The molecule has 1 heterocycles. The van der Waals surface area contributed by atoms with Crippen molar-refractivity contribution < 1.29 is 9.90 Å². The van der Waals surface area contributed by atoms with Crippen LogP contribution in [-0.2, 0) is 17.8 Å². The van der Waals surface area contributed by atoms with E-state index in [4.69, 9.17) is 16.7 Å². The third-order valence-electron chi connectivity index (χ3n) is 4.69. The Bertz CT molecular complexity index is 1140. The maximum absolute atomic E-state index is 11.7.